The SMILES string of the molecule is Nc1ncnc2c1ncn2[C@@H]1O[C@H](COP(=O)(O)OP(=O)(O)OP(=O)(O)O)[C@@H](S)[C@H]1O. The Hall–Kier alpha value is -0.970. The van der Waals surface area contributed by atoms with Crippen molar-refractivity contribution >= 4 is 53.1 Å². The molecule has 1 saturated heterocycles. The minimum Gasteiger partial charge on any atom is -0.387 e. The zero-order chi connectivity index (χ0) is 23.2. The van der Waals surface area contributed by atoms with Crippen molar-refractivity contribution in [1.29, 1.82) is 0 Å². The van der Waals surface area contributed by atoms with Crippen LogP contribution in [0.1, 0.15) is 6.23 Å². The summed E-state index contributed by atoms with van der Waals surface area (Å²) in [6.45, 7) is -0.783. The molecule has 3 heterocycles. The molecule has 0 radical (unpaired) electrons. The van der Waals surface area contributed by atoms with E-state index < -0.39 is 53.8 Å². The summed E-state index contributed by atoms with van der Waals surface area (Å²) in [5.74, 6) is 0.0860. The van der Waals surface area contributed by atoms with Gasteiger partial charge in [-0.2, -0.15) is 21.3 Å². The first-order chi connectivity index (χ1) is 14.2. The molecule has 3 rings (SSSR count). The molecule has 0 amide bonds. The maximum atomic E-state index is 11.8. The molecule has 0 aromatic carbocycles. The minimum atomic E-state index is -5.66. The van der Waals surface area contributed by atoms with Crippen LogP contribution in [0.3, 0.4) is 0 Å². The maximum Gasteiger partial charge on any atom is 0.490 e. The van der Waals surface area contributed by atoms with Gasteiger partial charge in [-0.3, -0.25) is 9.09 Å². The molecular weight excluding hydrogens is 507 g/mol. The fourth-order valence-electron chi connectivity index (χ4n) is 2.62. The van der Waals surface area contributed by atoms with Crippen LogP contribution in [-0.2, 0) is 31.6 Å². The summed E-state index contributed by atoms with van der Waals surface area (Å²) < 4.78 is 52.5. The zero-order valence-corrected chi connectivity index (χ0v) is 18.5. The lowest BCUT2D eigenvalue weighted by atomic mass is 10.2. The average Bonchev–Trinajstić information content (AvgIpc) is 3.13. The zero-order valence-electron chi connectivity index (χ0n) is 14.9. The number of phosphoric ester groups is 1. The smallest absolute Gasteiger partial charge is 0.387 e. The summed E-state index contributed by atoms with van der Waals surface area (Å²) >= 11 is 4.17. The summed E-state index contributed by atoms with van der Waals surface area (Å²) in [6.07, 6.45) is -1.11. The number of anilines is 1. The topological polar surface area (TPSA) is 259 Å². The number of nitrogens with two attached hydrogens (primary N) is 1. The number of aliphatic hydroxyl groups excluding tert-OH is 1. The van der Waals surface area contributed by atoms with Crippen molar-refractivity contribution in [2.24, 2.45) is 0 Å². The molecule has 2 aromatic heterocycles. The van der Waals surface area contributed by atoms with Crippen LogP contribution >= 0.6 is 36.1 Å². The van der Waals surface area contributed by atoms with E-state index in [0.717, 1.165) is 0 Å². The summed E-state index contributed by atoms with van der Waals surface area (Å²) in [5.41, 5.74) is 6.17. The van der Waals surface area contributed by atoms with Gasteiger partial charge in [0.15, 0.2) is 17.7 Å². The van der Waals surface area contributed by atoms with Gasteiger partial charge in [0.05, 0.1) is 24.3 Å². The van der Waals surface area contributed by atoms with Crippen LogP contribution in [0, 0.1) is 0 Å². The lowest BCUT2D eigenvalue weighted by Crippen LogP contribution is -2.29. The molecule has 2 aromatic rings. The third-order valence-electron chi connectivity index (χ3n) is 3.82. The van der Waals surface area contributed by atoms with E-state index in [-0.39, 0.29) is 17.0 Å². The molecule has 31 heavy (non-hydrogen) atoms. The highest BCUT2D eigenvalue weighted by atomic mass is 32.1. The van der Waals surface area contributed by atoms with E-state index in [2.05, 4.69) is 40.7 Å². The van der Waals surface area contributed by atoms with Gasteiger partial charge in [-0.15, -0.1) is 0 Å². The first-order valence-electron chi connectivity index (χ1n) is 7.92. The third-order valence-corrected chi connectivity index (χ3v) is 8.26. The molecule has 2 unspecified atom stereocenters. The van der Waals surface area contributed by atoms with E-state index in [1.54, 1.807) is 0 Å². The number of aliphatic hydroxyl groups is 1. The van der Waals surface area contributed by atoms with E-state index in [4.69, 9.17) is 25.2 Å². The molecule has 174 valence electrons. The van der Waals surface area contributed by atoms with Crippen molar-refractivity contribution in [2.75, 3.05) is 12.3 Å². The first-order valence-corrected chi connectivity index (χ1v) is 13.0. The summed E-state index contributed by atoms with van der Waals surface area (Å²) in [7, 11) is -16.5. The Kier molecular flexibility index (Phi) is 6.97. The van der Waals surface area contributed by atoms with Gasteiger partial charge in [-0.1, -0.05) is 0 Å². The summed E-state index contributed by atoms with van der Waals surface area (Å²) in [5, 5.41) is 9.46. The first kappa shape index (κ1) is 24.7. The normalized spacial score (nSPS) is 28.5. The van der Waals surface area contributed by atoms with Crippen LogP contribution in [0.25, 0.3) is 11.2 Å². The van der Waals surface area contributed by atoms with E-state index in [9.17, 15) is 23.7 Å². The largest absolute Gasteiger partial charge is 0.490 e. The number of thiol groups is 1. The van der Waals surface area contributed by atoms with Gasteiger partial charge in [-0.25, -0.2) is 28.6 Å². The molecule has 7 N–H and O–H groups in total. The standard InChI is InChI=1S/C10H16N5O12P3S/c11-8-5-9(13-2-12-8)15(3-14-5)10-6(16)7(31)4(25-10)1-24-29(20,21)27-30(22,23)26-28(17,18)19/h2-4,6-7,10,16,31H,1H2,(H,20,21)(H,22,23)(H2,11,12,13)(H2,17,18,19)/t4-,6-,7-,10-/m1/s1. The number of imidazole rings is 1. The van der Waals surface area contributed by atoms with Crippen molar-refractivity contribution in [3.8, 4) is 0 Å². The average molecular weight is 523 g/mol. The molecule has 21 heteroatoms. The molecule has 0 aliphatic carbocycles. The Morgan fingerprint density at radius 3 is 2.45 bits per heavy atom. The Bertz CT molecular complexity index is 1110. The quantitative estimate of drug-likeness (QED) is 0.167. The monoisotopic (exact) mass is 523 g/mol. The number of aromatic nitrogens is 4. The van der Waals surface area contributed by atoms with Crippen molar-refractivity contribution in [1.82, 2.24) is 19.5 Å². The Morgan fingerprint density at radius 1 is 1.13 bits per heavy atom. The molecule has 0 saturated carbocycles. The predicted molar refractivity (Wildman–Crippen MR) is 102 cm³/mol. The van der Waals surface area contributed by atoms with Gasteiger partial charge < -0.3 is 35.2 Å². The number of hydrogen-bond acceptors (Lipinski definition) is 13. The van der Waals surface area contributed by atoms with E-state index in [1.165, 1.54) is 17.2 Å². The van der Waals surface area contributed by atoms with Crippen LogP contribution < -0.4 is 5.73 Å². The molecule has 1 fully saturated rings. The van der Waals surface area contributed by atoms with Crippen molar-refractivity contribution < 1.29 is 56.3 Å². The van der Waals surface area contributed by atoms with E-state index in [0.29, 0.717) is 0 Å². The Morgan fingerprint density at radius 2 is 1.81 bits per heavy atom. The minimum absolute atomic E-state index is 0.0860. The number of nitrogens with zero attached hydrogens (tertiary/aromatic N) is 4. The number of fused-ring (bicyclic) bond motifs is 1. The molecule has 1 aliphatic heterocycles. The lowest BCUT2D eigenvalue weighted by molar-refractivity contribution is -0.0480. The third kappa shape index (κ3) is 5.89. The number of ether oxygens (including phenoxy) is 1. The number of nitrogen functional groups attached to an aromatic ring is 1. The lowest BCUT2D eigenvalue weighted by Gasteiger charge is -2.19. The summed E-state index contributed by atoms with van der Waals surface area (Å²) in [4.78, 5) is 47.5. The molecule has 17 nitrogen and oxygen atoms in total. The summed E-state index contributed by atoms with van der Waals surface area (Å²) in [6, 6.07) is 0. The maximum absolute atomic E-state index is 11.8. The second-order valence-corrected chi connectivity index (χ2v) is 11.0. The van der Waals surface area contributed by atoms with Crippen molar-refractivity contribution in [3.05, 3.63) is 12.7 Å². The fourth-order valence-corrected chi connectivity index (χ4v) is 5.96. The molecule has 6 atom stereocenters. The second-order valence-electron chi connectivity index (χ2n) is 6.02. The van der Waals surface area contributed by atoms with Gasteiger partial charge in [0.25, 0.3) is 0 Å². The molecule has 1 aliphatic rings. The van der Waals surface area contributed by atoms with Gasteiger partial charge in [0.2, 0.25) is 0 Å². The molecule has 0 spiro atoms. The highest BCUT2D eigenvalue weighted by molar-refractivity contribution is 7.81. The highest BCUT2D eigenvalue weighted by Gasteiger charge is 2.46. The Balaban J connectivity index is 1.69. The van der Waals surface area contributed by atoms with Crippen molar-refractivity contribution in [2.45, 2.75) is 23.7 Å². The molecular formula is C10H16N5O12P3S. The van der Waals surface area contributed by atoms with Crippen LogP contribution in [-0.4, -0.2) is 68.3 Å². The van der Waals surface area contributed by atoms with E-state index in [1.807, 2.05) is 0 Å². The fraction of sp³-hybridized carbons (Fsp3) is 0.500. The van der Waals surface area contributed by atoms with E-state index >= 15 is 0 Å². The van der Waals surface area contributed by atoms with Crippen LogP contribution in [0.15, 0.2) is 12.7 Å². The van der Waals surface area contributed by atoms with Gasteiger partial charge >= 0.3 is 23.5 Å². The number of phosphoric acid groups is 3. The van der Waals surface area contributed by atoms with Gasteiger partial charge in [-0.05, 0) is 0 Å². The second kappa shape index (κ2) is 8.76. The van der Waals surface area contributed by atoms with Gasteiger partial charge in [0.1, 0.15) is 17.9 Å². The van der Waals surface area contributed by atoms with Crippen LogP contribution in [0.4, 0.5) is 5.82 Å². The number of rotatable bonds is 8. The predicted octanol–water partition coefficient (Wildman–Crippen LogP) is -0.692. The highest BCUT2D eigenvalue weighted by Crippen LogP contribution is 2.66. The van der Waals surface area contributed by atoms with Crippen LogP contribution in [0.2, 0.25) is 0 Å². The number of hydrogen-bond donors (Lipinski definition) is 7. The van der Waals surface area contributed by atoms with Crippen molar-refractivity contribution in [3.63, 3.8) is 0 Å². The van der Waals surface area contributed by atoms with Crippen LogP contribution in [0.5, 0.6) is 0 Å². The molecule has 0 bridgehead atoms. The Labute approximate surface area is 178 Å². The van der Waals surface area contributed by atoms with Gasteiger partial charge in [0, 0.05) is 0 Å².